The number of hydrogen-bond donors (Lipinski definition) is 1. The molecule has 102 valence electrons. The van der Waals surface area contributed by atoms with E-state index in [0.29, 0.717) is 13.0 Å². The summed E-state index contributed by atoms with van der Waals surface area (Å²) >= 11 is 0. The molecule has 0 aromatic heterocycles. The maximum atomic E-state index is 13.9. The molecule has 0 fully saturated rings. The van der Waals surface area contributed by atoms with Gasteiger partial charge in [-0.3, -0.25) is 0 Å². The molecule has 4 heteroatoms. The third-order valence-corrected chi connectivity index (χ3v) is 3.36. The lowest BCUT2D eigenvalue weighted by atomic mass is 9.87. The van der Waals surface area contributed by atoms with Crippen LogP contribution >= 0.6 is 0 Å². The number of rotatable bonds is 6. The molecule has 0 saturated carbocycles. The standard InChI is InChI=1S/C14H21F2NO/c1-5-14(3,18-6-2)13(17-4)12-10(15)8-7-9-11(12)16/h7-9,13,17H,5-6H2,1-4H3. The normalized spacial score (nSPS) is 16.3. The monoisotopic (exact) mass is 257 g/mol. The average Bonchev–Trinajstić information content (AvgIpc) is 2.34. The van der Waals surface area contributed by atoms with Crippen molar-refractivity contribution >= 4 is 0 Å². The van der Waals surface area contributed by atoms with Crippen molar-refractivity contribution in [2.24, 2.45) is 0 Å². The number of halogens is 2. The molecule has 1 N–H and O–H groups in total. The first-order valence-electron chi connectivity index (χ1n) is 6.25. The molecule has 0 aliphatic carbocycles. The molecule has 0 saturated heterocycles. The van der Waals surface area contributed by atoms with Gasteiger partial charge in [0.25, 0.3) is 0 Å². The van der Waals surface area contributed by atoms with Gasteiger partial charge in [0.1, 0.15) is 11.6 Å². The maximum absolute atomic E-state index is 13.9. The minimum atomic E-state index is -0.646. The summed E-state index contributed by atoms with van der Waals surface area (Å²) in [5.74, 6) is -1.09. The van der Waals surface area contributed by atoms with E-state index in [1.807, 2.05) is 20.8 Å². The van der Waals surface area contributed by atoms with Gasteiger partial charge in [-0.05, 0) is 39.4 Å². The average molecular weight is 257 g/mol. The molecular formula is C14H21F2NO. The number of likely N-dealkylation sites (N-methyl/N-ethyl adjacent to an activating group) is 1. The van der Waals surface area contributed by atoms with Gasteiger partial charge in [0, 0.05) is 12.2 Å². The molecule has 0 amide bonds. The molecule has 1 aromatic rings. The molecule has 0 aliphatic rings. The lowest BCUT2D eigenvalue weighted by Crippen LogP contribution is -2.43. The third-order valence-electron chi connectivity index (χ3n) is 3.36. The van der Waals surface area contributed by atoms with Crippen molar-refractivity contribution in [2.75, 3.05) is 13.7 Å². The fourth-order valence-corrected chi connectivity index (χ4v) is 2.26. The van der Waals surface area contributed by atoms with Gasteiger partial charge in [-0.25, -0.2) is 8.78 Å². The SMILES string of the molecule is CCOC(C)(CC)C(NC)c1c(F)cccc1F. The number of hydrogen-bond acceptors (Lipinski definition) is 2. The van der Waals surface area contributed by atoms with Crippen LogP contribution in [0, 0.1) is 11.6 Å². The first kappa shape index (κ1) is 15.1. The quantitative estimate of drug-likeness (QED) is 0.843. The maximum Gasteiger partial charge on any atom is 0.131 e. The highest BCUT2D eigenvalue weighted by atomic mass is 19.1. The van der Waals surface area contributed by atoms with Crippen LogP contribution in [0.5, 0.6) is 0 Å². The fourth-order valence-electron chi connectivity index (χ4n) is 2.26. The Morgan fingerprint density at radius 3 is 2.22 bits per heavy atom. The van der Waals surface area contributed by atoms with Gasteiger partial charge in [-0.2, -0.15) is 0 Å². The van der Waals surface area contributed by atoms with E-state index in [2.05, 4.69) is 5.32 Å². The zero-order valence-corrected chi connectivity index (χ0v) is 11.4. The third kappa shape index (κ3) is 2.87. The van der Waals surface area contributed by atoms with Crippen LogP contribution in [0.3, 0.4) is 0 Å². The second kappa shape index (κ2) is 6.25. The molecule has 2 nitrogen and oxygen atoms in total. The van der Waals surface area contributed by atoms with Gasteiger partial charge in [0.15, 0.2) is 0 Å². The van der Waals surface area contributed by atoms with Crippen molar-refractivity contribution in [3.8, 4) is 0 Å². The molecule has 1 rings (SSSR count). The minimum Gasteiger partial charge on any atom is -0.374 e. The Balaban J connectivity index is 3.24. The summed E-state index contributed by atoms with van der Waals surface area (Å²) in [4.78, 5) is 0. The van der Waals surface area contributed by atoms with E-state index in [9.17, 15) is 8.78 Å². The topological polar surface area (TPSA) is 21.3 Å². The fraction of sp³-hybridized carbons (Fsp3) is 0.571. The molecule has 18 heavy (non-hydrogen) atoms. The zero-order chi connectivity index (χ0) is 13.8. The van der Waals surface area contributed by atoms with E-state index < -0.39 is 23.3 Å². The smallest absolute Gasteiger partial charge is 0.131 e. The molecular weight excluding hydrogens is 236 g/mol. The van der Waals surface area contributed by atoms with Crippen LogP contribution in [-0.2, 0) is 4.74 Å². The number of ether oxygens (including phenoxy) is 1. The summed E-state index contributed by atoms with van der Waals surface area (Å²) < 4.78 is 33.4. The van der Waals surface area contributed by atoms with E-state index in [-0.39, 0.29) is 5.56 Å². The Kier molecular flexibility index (Phi) is 5.23. The van der Waals surface area contributed by atoms with Crippen LogP contribution in [-0.4, -0.2) is 19.3 Å². The first-order chi connectivity index (χ1) is 8.50. The van der Waals surface area contributed by atoms with Crippen molar-refractivity contribution in [3.05, 3.63) is 35.4 Å². The van der Waals surface area contributed by atoms with Crippen LogP contribution in [0.25, 0.3) is 0 Å². The predicted molar refractivity (Wildman–Crippen MR) is 68.5 cm³/mol. The van der Waals surface area contributed by atoms with Crippen molar-refractivity contribution in [3.63, 3.8) is 0 Å². The number of benzene rings is 1. The molecule has 1 aromatic carbocycles. The van der Waals surface area contributed by atoms with E-state index in [0.717, 1.165) is 0 Å². The molecule has 2 unspecified atom stereocenters. The van der Waals surface area contributed by atoms with Crippen molar-refractivity contribution < 1.29 is 13.5 Å². The van der Waals surface area contributed by atoms with Crippen LogP contribution in [0.4, 0.5) is 8.78 Å². The Morgan fingerprint density at radius 2 is 1.83 bits per heavy atom. The minimum absolute atomic E-state index is 0.0396. The molecule has 0 heterocycles. The summed E-state index contributed by atoms with van der Waals surface area (Å²) in [6, 6.07) is 3.38. The summed E-state index contributed by atoms with van der Waals surface area (Å²) in [7, 11) is 1.68. The van der Waals surface area contributed by atoms with Crippen molar-refractivity contribution in [2.45, 2.75) is 38.8 Å². The van der Waals surface area contributed by atoms with Gasteiger partial charge in [-0.1, -0.05) is 13.0 Å². The molecule has 0 radical (unpaired) electrons. The highest BCUT2D eigenvalue weighted by molar-refractivity contribution is 5.26. The lowest BCUT2D eigenvalue weighted by Gasteiger charge is -2.37. The zero-order valence-electron chi connectivity index (χ0n) is 11.4. The Hall–Kier alpha value is -1.00. The van der Waals surface area contributed by atoms with Crippen LogP contribution in [0.2, 0.25) is 0 Å². The van der Waals surface area contributed by atoms with Gasteiger partial charge < -0.3 is 10.1 Å². The van der Waals surface area contributed by atoms with Crippen molar-refractivity contribution in [1.29, 1.82) is 0 Å². The second-order valence-corrected chi connectivity index (χ2v) is 4.46. The Labute approximate surface area is 107 Å². The Bertz CT molecular complexity index is 377. The van der Waals surface area contributed by atoms with Crippen LogP contribution < -0.4 is 5.32 Å². The van der Waals surface area contributed by atoms with E-state index >= 15 is 0 Å². The number of nitrogens with one attached hydrogen (secondary N) is 1. The highest BCUT2D eigenvalue weighted by Gasteiger charge is 2.36. The van der Waals surface area contributed by atoms with Crippen LogP contribution in [0.15, 0.2) is 18.2 Å². The summed E-state index contributed by atoms with van der Waals surface area (Å²) in [5.41, 5.74) is -0.607. The Morgan fingerprint density at radius 1 is 1.28 bits per heavy atom. The van der Waals surface area contributed by atoms with Gasteiger partial charge in [0.05, 0.1) is 11.6 Å². The van der Waals surface area contributed by atoms with Gasteiger partial charge in [0.2, 0.25) is 0 Å². The van der Waals surface area contributed by atoms with Gasteiger partial charge >= 0.3 is 0 Å². The van der Waals surface area contributed by atoms with E-state index in [1.165, 1.54) is 18.2 Å². The van der Waals surface area contributed by atoms with Crippen molar-refractivity contribution in [1.82, 2.24) is 5.32 Å². The predicted octanol–water partition coefficient (Wildman–Crippen LogP) is 3.43. The van der Waals surface area contributed by atoms with Gasteiger partial charge in [-0.15, -0.1) is 0 Å². The summed E-state index contributed by atoms with van der Waals surface area (Å²) in [6.45, 7) is 6.18. The second-order valence-electron chi connectivity index (χ2n) is 4.46. The van der Waals surface area contributed by atoms with E-state index in [1.54, 1.807) is 7.05 Å². The molecule has 2 atom stereocenters. The lowest BCUT2D eigenvalue weighted by molar-refractivity contribution is -0.0561. The largest absolute Gasteiger partial charge is 0.374 e. The summed E-state index contributed by atoms with van der Waals surface area (Å²) in [5, 5.41) is 2.97. The molecule has 0 bridgehead atoms. The highest BCUT2D eigenvalue weighted by Crippen LogP contribution is 2.34. The first-order valence-corrected chi connectivity index (χ1v) is 6.25. The molecule has 0 spiro atoms. The van der Waals surface area contributed by atoms with E-state index in [4.69, 9.17) is 4.74 Å². The summed E-state index contributed by atoms with van der Waals surface area (Å²) in [6.07, 6.45) is 0.653. The molecule has 0 aliphatic heterocycles. The van der Waals surface area contributed by atoms with Crippen LogP contribution in [0.1, 0.15) is 38.8 Å².